The quantitative estimate of drug-likeness (QED) is 0.613. The van der Waals surface area contributed by atoms with E-state index >= 15 is 0 Å². The van der Waals surface area contributed by atoms with Crippen LogP contribution in [-0.4, -0.2) is 28.8 Å². The summed E-state index contributed by atoms with van der Waals surface area (Å²) in [4.78, 5) is 22.5. The van der Waals surface area contributed by atoms with E-state index in [-0.39, 0.29) is 29.1 Å². The van der Waals surface area contributed by atoms with Gasteiger partial charge in [-0.2, -0.15) is 11.8 Å². The number of halogens is 1. The van der Waals surface area contributed by atoms with Crippen molar-refractivity contribution in [2.45, 2.75) is 6.42 Å². The van der Waals surface area contributed by atoms with Crippen LogP contribution in [0.15, 0.2) is 30.3 Å². The van der Waals surface area contributed by atoms with Crippen molar-refractivity contribution in [1.29, 1.82) is 0 Å². The summed E-state index contributed by atoms with van der Waals surface area (Å²) >= 11 is 7.51. The number of carbonyl (C=O) groups is 1. The lowest BCUT2D eigenvalue weighted by molar-refractivity contribution is -0.486. The molecule has 0 unspecified atom stereocenters. The van der Waals surface area contributed by atoms with Crippen molar-refractivity contribution in [3.05, 3.63) is 51.0 Å². The van der Waals surface area contributed by atoms with Gasteiger partial charge in [0.25, 0.3) is 0 Å². The highest BCUT2D eigenvalue weighted by Gasteiger charge is 2.32. The predicted octanol–water partition coefficient (Wildman–Crippen LogP) is 3.57. The molecule has 2 rings (SSSR count). The zero-order chi connectivity index (χ0) is 15.2. The summed E-state index contributed by atoms with van der Waals surface area (Å²) in [7, 11) is 0. The summed E-state index contributed by atoms with van der Waals surface area (Å²) in [6.45, 7) is -0.207. The molecule has 1 aromatic rings. The number of rotatable bonds is 5. The Morgan fingerprint density at radius 2 is 2.14 bits per heavy atom. The van der Waals surface area contributed by atoms with Crippen LogP contribution in [0.2, 0.25) is 5.02 Å². The molecule has 0 N–H and O–H groups in total. The van der Waals surface area contributed by atoms with Crippen molar-refractivity contribution in [1.82, 2.24) is 0 Å². The lowest BCUT2D eigenvalue weighted by Crippen LogP contribution is -2.32. The molecule has 112 valence electrons. The van der Waals surface area contributed by atoms with Gasteiger partial charge in [-0.3, -0.25) is 14.9 Å². The minimum Gasteiger partial charge on any atom is -0.299 e. The van der Waals surface area contributed by atoms with Gasteiger partial charge >= 0.3 is 0 Å². The lowest BCUT2D eigenvalue weighted by Gasteiger charge is -2.24. The minimum atomic E-state index is -0.351. The summed E-state index contributed by atoms with van der Waals surface area (Å²) in [5.41, 5.74) is 0.920. The van der Waals surface area contributed by atoms with Crippen LogP contribution in [0.1, 0.15) is 12.0 Å². The maximum absolute atomic E-state index is 12.0. The Labute approximate surface area is 132 Å². The second kappa shape index (κ2) is 7.61. The normalized spacial score (nSPS) is 20.6. The van der Waals surface area contributed by atoms with E-state index in [0.29, 0.717) is 17.2 Å². The largest absolute Gasteiger partial charge is 0.299 e. The van der Waals surface area contributed by atoms with Gasteiger partial charge in [0.2, 0.25) is 6.54 Å². The molecule has 6 heteroatoms. The molecule has 0 bridgehead atoms. The zero-order valence-corrected chi connectivity index (χ0v) is 13.0. The highest BCUT2D eigenvalue weighted by molar-refractivity contribution is 7.99. The molecule has 0 aromatic heterocycles. The first-order chi connectivity index (χ1) is 10.1. The molecule has 1 aliphatic rings. The van der Waals surface area contributed by atoms with Gasteiger partial charge in [-0.15, -0.1) is 0 Å². The fraction of sp³-hybridized carbons (Fsp3) is 0.400. The number of nitrogens with zero attached hydrogens (tertiary/aromatic N) is 1. The maximum Gasteiger partial charge on any atom is 0.210 e. The average Bonchev–Trinajstić information content (AvgIpc) is 2.45. The minimum absolute atomic E-state index is 0.140. The molecule has 1 heterocycles. The molecule has 1 aliphatic heterocycles. The van der Waals surface area contributed by atoms with Crippen LogP contribution < -0.4 is 0 Å². The van der Waals surface area contributed by atoms with Crippen LogP contribution in [-0.2, 0) is 4.79 Å². The molecule has 1 aromatic carbocycles. The van der Waals surface area contributed by atoms with Crippen LogP contribution in [0.5, 0.6) is 0 Å². The second-order valence-corrected chi connectivity index (χ2v) is 6.57. The van der Waals surface area contributed by atoms with E-state index in [0.717, 1.165) is 11.3 Å². The molecule has 21 heavy (non-hydrogen) atoms. The number of hydrogen-bond donors (Lipinski definition) is 0. The Morgan fingerprint density at radius 3 is 2.76 bits per heavy atom. The van der Waals surface area contributed by atoms with Gasteiger partial charge in [0, 0.05) is 33.8 Å². The van der Waals surface area contributed by atoms with Crippen molar-refractivity contribution in [3.8, 4) is 0 Å². The van der Waals surface area contributed by atoms with Gasteiger partial charge in [-0.25, -0.2) is 0 Å². The summed E-state index contributed by atoms with van der Waals surface area (Å²) < 4.78 is 0. The summed E-state index contributed by atoms with van der Waals surface area (Å²) in [6, 6.07) is 7.23. The molecule has 1 fully saturated rings. The molecule has 0 radical (unpaired) electrons. The van der Waals surface area contributed by atoms with Gasteiger partial charge in [-0.1, -0.05) is 35.9 Å². The van der Waals surface area contributed by atoms with Crippen molar-refractivity contribution < 1.29 is 9.72 Å². The van der Waals surface area contributed by atoms with E-state index in [9.17, 15) is 14.9 Å². The molecule has 2 atom stereocenters. The fourth-order valence-corrected chi connectivity index (χ4v) is 3.65. The number of nitro groups is 1. The predicted molar refractivity (Wildman–Crippen MR) is 86.3 cm³/mol. The monoisotopic (exact) mass is 325 g/mol. The average molecular weight is 326 g/mol. The SMILES string of the molecule is O=C1CCSC[C@H]1[C@H](/C=C/c1ccc(Cl)cc1)C[N+](=O)[O-]. The van der Waals surface area contributed by atoms with Crippen LogP contribution in [0, 0.1) is 22.0 Å². The summed E-state index contributed by atoms with van der Waals surface area (Å²) in [5.74, 6) is 1.03. The van der Waals surface area contributed by atoms with Gasteiger partial charge in [-0.05, 0) is 17.7 Å². The van der Waals surface area contributed by atoms with Crippen molar-refractivity contribution in [2.24, 2.45) is 11.8 Å². The maximum atomic E-state index is 12.0. The number of thioether (sulfide) groups is 1. The van der Waals surface area contributed by atoms with Crippen LogP contribution in [0.3, 0.4) is 0 Å². The smallest absolute Gasteiger partial charge is 0.210 e. The first-order valence-corrected chi connectivity index (χ1v) is 8.25. The summed E-state index contributed by atoms with van der Waals surface area (Å²) in [6.07, 6.45) is 4.13. The number of Topliss-reactive ketones (excluding diaryl/α,β-unsaturated/α-hetero) is 1. The Balaban J connectivity index is 2.13. The van der Waals surface area contributed by atoms with E-state index in [1.807, 2.05) is 18.2 Å². The van der Waals surface area contributed by atoms with Gasteiger partial charge in [0.05, 0.1) is 5.92 Å². The number of ketones is 1. The molecular weight excluding hydrogens is 310 g/mol. The van der Waals surface area contributed by atoms with Gasteiger partial charge in [0.1, 0.15) is 5.78 Å². The highest BCUT2D eigenvalue weighted by atomic mass is 35.5. The van der Waals surface area contributed by atoms with Gasteiger partial charge in [0.15, 0.2) is 0 Å². The topological polar surface area (TPSA) is 60.2 Å². The lowest BCUT2D eigenvalue weighted by atomic mass is 9.88. The third-order valence-corrected chi connectivity index (χ3v) is 4.83. The first-order valence-electron chi connectivity index (χ1n) is 6.72. The molecule has 0 amide bonds. The standard InChI is InChI=1S/C15H16ClNO3S/c16-13-5-2-11(3-6-13)1-4-12(9-17(19)20)14-10-21-8-7-15(14)18/h1-6,12,14H,7-10H2/b4-1+/t12-,14+/m1/s1. The Bertz CT molecular complexity index is 544. The Hall–Kier alpha value is -1.33. The third-order valence-electron chi connectivity index (χ3n) is 3.49. The number of benzene rings is 1. The Morgan fingerprint density at radius 1 is 1.43 bits per heavy atom. The second-order valence-electron chi connectivity index (χ2n) is 4.99. The van der Waals surface area contributed by atoms with Crippen molar-refractivity contribution in [3.63, 3.8) is 0 Å². The molecule has 0 spiro atoms. The molecular formula is C15H16ClNO3S. The van der Waals surface area contributed by atoms with E-state index in [1.54, 1.807) is 30.0 Å². The highest BCUT2D eigenvalue weighted by Crippen LogP contribution is 2.28. The molecule has 1 saturated heterocycles. The van der Waals surface area contributed by atoms with E-state index < -0.39 is 0 Å². The third kappa shape index (κ3) is 4.86. The molecule has 4 nitrogen and oxygen atoms in total. The van der Waals surface area contributed by atoms with Gasteiger partial charge < -0.3 is 0 Å². The van der Waals surface area contributed by atoms with Crippen molar-refractivity contribution in [2.75, 3.05) is 18.1 Å². The Kier molecular flexibility index (Phi) is 5.82. The number of hydrogen-bond acceptors (Lipinski definition) is 4. The first kappa shape index (κ1) is 16.0. The summed E-state index contributed by atoms with van der Waals surface area (Å²) in [5, 5.41) is 11.5. The molecule has 0 saturated carbocycles. The molecule has 0 aliphatic carbocycles. The van der Waals surface area contributed by atoms with Crippen LogP contribution in [0.4, 0.5) is 0 Å². The van der Waals surface area contributed by atoms with Crippen LogP contribution >= 0.6 is 23.4 Å². The number of carbonyl (C=O) groups excluding carboxylic acids is 1. The van der Waals surface area contributed by atoms with E-state index in [2.05, 4.69) is 0 Å². The van der Waals surface area contributed by atoms with Crippen LogP contribution in [0.25, 0.3) is 6.08 Å². The fourth-order valence-electron chi connectivity index (χ4n) is 2.33. The zero-order valence-electron chi connectivity index (χ0n) is 11.4. The van der Waals surface area contributed by atoms with Crippen molar-refractivity contribution >= 4 is 35.2 Å². The van der Waals surface area contributed by atoms with E-state index in [1.165, 1.54) is 0 Å². The van der Waals surface area contributed by atoms with E-state index in [4.69, 9.17) is 11.6 Å².